The molecule has 5 nitrogen and oxygen atoms in total. The highest BCUT2D eigenvalue weighted by atomic mass is 16.6. The monoisotopic (exact) mass is 305 g/mol. The standard InChI is InChI=1S/C17H23NO4/c1-3-4-14-7-5-12-9-13(6-8-16(12)21-14)18-10-15(11-20-2)22-17(18)19/h6,8-9,14-15H,3-5,7,10-11H2,1-2H3/t14?,15-/m1/s1. The van der Waals surface area contributed by atoms with Gasteiger partial charge in [-0.25, -0.2) is 4.79 Å². The van der Waals surface area contributed by atoms with Crippen molar-refractivity contribution in [1.82, 2.24) is 0 Å². The Morgan fingerprint density at radius 2 is 2.18 bits per heavy atom. The number of aryl methyl sites for hydroxylation is 1. The molecule has 1 aromatic carbocycles. The molecule has 1 aromatic rings. The summed E-state index contributed by atoms with van der Waals surface area (Å²) in [4.78, 5) is 13.7. The third-order valence-electron chi connectivity index (χ3n) is 4.22. The highest BCUT2D eigenvalue weighted by molar-refractivity contribution is 5.90. The van der Waals surface area contributed by atoms with Crippen LogP contribution in [0.4, 0.5) is 10.5 Å². The Labute approximate surface area is 131 Å². The van der Waals surface area contributed by atoms with Gasteiger partial charge in [-0.2, -0.15) is 0 Å². The van der Waals surface area contributed by atoms with Gasteiger partial charge in [0.1, 0.15) is 11.9 Å². The molecule has 3 rings (SSSR count). The maximum Gasteiger partial charge on any atom is 0.414 e. The summed E-state index contributed by atoms with van der Waals surface area (Å²) in [5, 5.41) is 0. The van der Waals surface area contributed by atoms with Crippen molar-refractivity contribution in [3.05, 3.63) is 23.8 Å². The number of nitrogens with zero attached hydrogens (tertiary/aromatic N) is 1. The van der Waals surface area contributed by atoms with Crippen molar-refractivity contribution in [2.24, 2.45) is 0 Å². The molecule has 1 unspecified atom stereocenters. The van der Waals surface area contributed by atoms with Crippen LogP contribution in [-0.4, -0.2) is 38.6 Å². The van der Waals surface area contributed by atoms with E-state index in [1.807, 2.05) is 18.2 Å². The van der Waals surface area contributed by atoms with Crippen LogP contribution in [0.5, 0.6) is 5.75 Å². The van der Waals surface area contributed by atoms with E-state index < -0.39 is 0 Å². The predicted molar refractivity (Wildman–Crippen MR) is 83.6 cm³/mol. The van der Waals surface area contributed by atoms with Crippen molar-refractivity contribution < 1.29 is 19.0 Å². The van der Waals surface area contributed by atoms with Gasteiger partial charge >= 0.3 is 6.09 Å². The number of methoxy groups -OCH3 is 1. The Balaban J connectivity index is 1.73. The number of carbonyl (C=O) groups excluding carboxylic acids is 1. The third kappa shape index (κ3) is 3.04. The molecule has 1 saturated heterocycles. The molecule has 22 heavy (non-hydrogen) atoms. The van der Waals surface area contributed by atoms with Crippen molar-refractivity contribution in [2.45, 2.75) is 44.8 Å². The number of fused-ring (bicyclic) bond motifs is 1. The van der Waals surface area contributed by atoms with Gasteiger partial charge in [0.2, 0.25) is 0 Å². The Bertz CT molecular complexity index is 545. The van der Waals surface area contributed by atoms with Crippen LogP contribution in [0.1, 0.15) is 31.7 Å². The van der Waals surface area contributed by atoms with Crippen molar-refractivity contribution in [1.29, 1.82) is 0 Å². The Morgan fingerprint density at radius 1 is 1.32 bits per heavy atom. The van der Waals surface area contributed by atoms with E-state index in [-0.39, 0.29) is 12.2 Å². The van der Waals surface area contributed by atoms with Gasteiger partial charge in [-0.1, -0.05) is 13.3 Å². The second kappa shape index (κ2) is 6.57. The van der Waals surface area contributed by atoms with E-state index in [4.69, 9.17) is 14.2 Å². The highest BCUT2D eigenvalue weighted by Crippen LogP contribution is 2.33. The molecule has 2 aliphatic rings. The molecule has 0 spiro atoms. The van der Waals surface area contributed by atoms with E-state index in [0.717, 1.165) is 37.1 Å². The quantitative estimate of drug-likeness (QED) is 0.838. The van der Waals surface area contributed by atoms with E-state index in [9.17, 15) is 4.79 Å². The minimum absolute atomic E-state index is 0.196. The van der Waals surface area contributed by atoms with Gasteiger partial charge in [0.05, 0.1) is 19.3 Å². The lowest BCUT2D eigenvalue weighted by Gasteiger charge is -2.27. The van der Waals surface area contributed by atoms with Crippen LogP contribution in [0.3, 0.4) is 0 Å². The van der Waals surface area contributed by atoms with Gasteiger partial charge in [-0.3, -0.25) is 4.90 Å². The Kier molecular flexibility index (Phi) is 4.52. The van der Waals surface area contributed by atoms with Crippen LogP contribution < -0.4 is 9.64 Å². The summed E-state index contributed by atoms with van der Waals surface area (Å²) in [6.07, 6.45) is 4.10. The minimum Gasteiger partial charge on any atom is -0.490 e. The molecule has 2 atom stereocenters. The number of carbonyl (C=O) groups is 1. The largest absolute Gasteiger partial charge is 0.490 e. The zero-order valence-electron chi connectivity index (χ0n) is 13.2. The van der Waals surface area contributed by atoms with E-state index in [0.29, 0.717) is 19.3 Å². The molecular weight excluding hydrogens is 282 g/mol. The number of benzene rings is 1. The minimum atomic E-state index is -0.303. The van der Waals surface area contributed by atoms with Gasteiger partial charge in [0, 0.05) is 12.8 Å². The first-order chi connectivity index (χ1) is 10.7. The van der Waals surface area contributed by atoms with Gasteiger partial charge in [-0.15, -0.1) is 0 Å². The normalized spacial score (nSPS) is 23.9. The molecule has 0 bridgehead atoms. The zero-order valence-corrected chi connectivity index (χ0v) is 13.2. The fourth-order valence-corrected chi connectivity index (χ4v) is 3.13. The van der Waals surface area contributed by atoms with Crippen molar-refractivity contribution in [2.75, 3.05) is 25.2 Å². The second-order valence-electron chi connectivity index (χ2n) is 5.93. The summed E-state index contributed by atoms with van der Waals surface area (Å²) >= 11 is 0. The summed E-state index contributed by atoms with van der Waals surface area (Å²) in [5.41, 5.74) is 2.05. The number of cyclic esters (lactones) is 1. The van der Waals surface area contributed by atoms with Gasteiger partial charge in [0.25, 0.3) is 0 Å². The number of ether oxygens (including phenoxy) is 3. The van der Waals surface area contributed by atoms with Crippen LogP contribution in [0.25, 0.3) is 0 Å². The average molecular weight is 305 g/mol. The first kappa shape index (κ1) is 15.2. The van der Waals surface area contributed by atoms with Crippen LogP contribution in [0.15, 0.2) is 18.2 Å². The molecule has 120 valence electrons. The van der Waals surface area contributed by atoms with Crippen molar-refractivity contribution in [3.63, 3.8) is 0 Å². The topological polar surface area (TPSA) is 48.0 Å². The summed E-state index contributed by atoms with van der Waals surface area (Å²) in [6.45, 7) is 3.14. The summed E-state index contributed by atoms with van der Waals surface area (Å²) in [7, 11) is 1.61. The number of rotatable bonds is 5. The fourth-order valence-electron chi connectivity index (χ4n) is 3.13. The predicted octanol–water partition coefficient (Wildman–Crippen LogP) is 3.15. The lowest BCUT2D eigenvalue weighted by Crippen LogP contribution is -2.26. The molecule has 1 amide bonds. The maximum atomic E-state index is 12.0. The smallest absolute Gasteiger partial charge is 0.414 e. The molecule has 0 aromatic heterocycles. The van der Waals surface area contributed by atoms with Crippen LogP contribution in [0.2, 0.25) is 0 Å². The SMILES string of the molecule is CCCC1CCc2cc(N3C[C@H](COC)OC3=O)ccc2O1. The number of amides is 1. The first-order valence-corrected chi connectivity index (χ1v) is 7.98. The Morgan fingerprint density at radius 3 is 2.95 bits per heavy atom. The molecular formula is C17H23NO4. The van der Waals surface area contributed by atoms with Gasteiger partial charge < -0.3 is 14.2 Å². The Hall–Kier alpha value is -1.75. The van der Waals surface area contributed by atoms with Gasteiger partial charge in [-0.05, 0) is 43.0 Å². The summed E-state index contributed by atoms with van der Waals surface area (Å²) < 4.78 is 16.4. The lowest BCUT2D eigenvalue weighted by atomic mass is 9.99. The highest BCUT2D eigenvalue weighted by Gasteiger charge is 2.33. The van der Waals surface area contributed by atoms with Crippen LogP contribution in [0, 0.1) is 0 Å². The second-order valence-corrected chi connectivity index (χ2v) is 5.93. The number of anilines is 1. The summed E-state index contributed by atoms with van der Waals surface area (Å²) in [6, 6.07) is 5.96. The molecule has 0 aliphatic carbocycles. The van der Waals surface area contributed by atoms with E-state index in [1.165, 1.54) is 5.56 Å². The maximum absolute atomic E-state index is 12.0. The molecule has 0 radical (unpaired) electrons. The number of hydrogen-bond donors (Lipinski definition) is 0. The summed E-state index contributed by atoms with van der Waals surface area (Å²) in [5.74, 6) is 0.953. The zero-order chi connectivity index (χ0) is 15.5. The fraction of sp³-hybridized carbons (Fsp3) is 0.588. The molecule has 0 saturated carbocycles. The van der Waals surface area contributed by atoms with E-state index in [1.54, 1.807) is 12.0 Å². The molecule has 2 aliphatic heterocycles. The molecule has 0 N–H and O–H groups in total. The first-order valence-electron chi connectivity index (χ1n) is 7.98. The van der Waals surface area contributed by atoms with Crippen molar-refractivity contribution in [3.8, 4) is 5.75 Å². The molecule has 2 heterocycles. The molecule has 5 heteroatoms. The van der Waals surface area contributed by atoms with Crippen LogP contribution >= 0.6 is 0 Å². The number of hydrogen-bond acceptors (Lipinski definition) is 4. The van der Waals surface area contributed by atoms with Gasteiger partial charge in [0.15, 0.2) is 0 Å². The average Bonchev–Trinajstić information content (AvgIpc) is 2.88. The van der Waals surface area contributed by atoms with Crippen LogP contribution in [-0.2, 0) is 15.9 Å². The molecule has 1 fully saturated rings. The lowest BCUT2D eigenvalue weighted by molar-refractivity contribution is 0.0718. The van der Waals surface area contributed by atoms with E-state index in [2.05, 4.69) is 6.92 Å². The van der Waals surface area contributed by atoms with E-state index >= 15 is 0 Å². The van der Waals surface area contributed by atoms with Crippen molar-refractivity contribution >= 4 is 11.8 Å². The third-order valence-corrected chi connectivity index (χ3v) is 4.22.